The minimum Gasteiger partial charge on any atom is -0.430 e. The molecule has 0 atom stereocenters. The third-order valence-corrected chi connectivity index (χ3v) is 1.58. The maximum atomic E-state index is 5.45. The average Bonchev–Trinajstić information content (AvgIpc) is 1.35. The van der Waals surface area contributed by atoms with E-state index < -0.39 is 8.19 Å². The van der Waals surface area contributed by atoms with Crippen LogP contribution in [0, 0.1) is 0 Å². The Morgan fingerprint density at radius 1 is 1.50 bits per heavy atom. The zero-order valence-electron chi connectivity index (χ0n) is 4.49. The molecule has 0 unspecified atom stereocenters. The molecule has 0 aromatic rings. The van der Waals surface area contributed by atoms with E-state index in [1.807, 2.05) is 13.1 Å². The molecule has 0 aliphatic carbocycles. The fourth-order valence-corrected chi connectivity index (χ4v) is 0. The lowest BCUT2D eigenvalue weighted by Gasteiger charge is -2.11. The molecular formula is C3H9BOSi. The summed E-state index contributed by atoms with van der Waals surface area (Å²) in [6.07, 6.45) is 0. The molecule has 3 heteroatoms. The van der Waals surface area contributed by atoms with Crippen LogP contribution >= 0.6 is 0 Å². The standard InChI is InChI=1S/C3H9BOSi/c1-5-6(2,3)4/h1-3H3. The van der Waals surface area contributed by atoms with Crippen molar-refractivity contribution in [3.8, 4) is 0 Å². The second kappa shape index (κ2) is 1.80. The molecule has 34 valence electrons. The smallest absolute Gasteiger partial charge is 0.135 e. The molecular weight excluding hydrogens is 90.9 g/mol. The molecule has 0 bridgehead atoms. The van der Waals surface area contributed by atoms with Crippen molar-refractivity contribution in [1.82, 2.24) is 0 Å². The van der Waals surface area contributed by atoms with Crippen LogP contribution in [0.5, 0.6) is 0 Å². The Hall–Kier alpha value is 0.242. The highest BCUT2D eigenvalue weighted by molar-refractivity contribution is 7.11. The summed E-state index contributed by atoms with van der Waals surface area (Å²) in [5, 5.41) is 0. The third kappa shape index (κ3) is 4.24. The number of hydrogen-bond acceptors (Lipinski definition) is 1. The highest BCUT2D eigenvalue weighted by Gasteiger charge is 2.08. The molecule has 0 heterocycles. The van der Waals surface area contributed by atoms with Crippen molar-refractivity contribution in [1.29, 1.82) is 0 Å². The van der Waals surface area contributed by atoms with E-state index in [4.69, 9.17) is 11.9 Å². The van der Waals surface area contributed by atoms with E-state index in [0.29, 0.717) is 0 Å². The minimum atomic E-state index is -1.63. The maximum absolute atomic E-state index is 5.45. The molecule has 0 aliphatic rings. The SMILES string of the molecule is [B][Si](C)(C)OC. The summed E-state index contributed by atoms with van der Waals surface area (Å²) in [5.41, 5.74) is 0. The molecule has 0 fully saturated rings. The largest absolute Gasteiger partial charge is 0.430 e. The Morgan fingerprint density at radius 2 is 1.67 bits per heavy atom. The Kier molecular flexibility index (Phi) is 1.87. The quantitative estimate of drug-likeness (QED) is 0.436. The van der Waals surface area contributed by atoms with Crippen LogP contribution in [0.25, 0.3) is 0 Å². The van der Waals surface area contributed by atoms with E-state index in [9.17, 15) is 0 Å². The summed E-state index contributed by atoms with van der Waals surface area (Å²) in [5.74, 6) is 0. The zero-order valence-corrected chi connectivity index (χ0v) is 5.49. The summed E-state index contributed by atoms with van der Waals surface area (Å²) in [6.45, 7) is 3.88. The highest BCUT2D eigenvalue weighted by Crippen LogP contribution is 1.91. The summed E-state index contributed by atoms with van der Waals surface area (Å²) < 4.78 is 4.85. The lowest BCUT2D eigenvalue weighted by Crippen LogP contribution is -2.28. The molecule has 1 nitrogen and oxygen atoms in total. The summed E-state index contributed by atoms with van der Waals surface area (Å²) >= 11 is 0. The van der Waals surface area contributed by atoms with Gasteiger partial charge in [-0.1, -0.05) is 13.1 Å². The van der Waals surface area contributed by atoms with Crippen molar-refractivity contribution >= 4 is 15.6 Å². The molecule has 2 radical (unpaired) electrons. The second-order valence-corrected chi connectivity index (χ2v) is 5.42. The molecule has 0 saturated heterocycles. The number of hydrogen-bond donors (Lipinski definition) is 0. The summed E-state index contributed by atoms with van der Waals surface area (Å²) in [6, 6.07) is 0. The van der Waals surface area contributed by atoms with Crippen molar-refractivity contribution in [2.45, 2.75) is 13.1 Å². The Morgan fingerprint density at radius 3 is 1.67 bits per heavy atom. The Bertz CT molecular complexity index is 40.5. The second-order valence-electron chi connectivity index (χ2n) is 1.81. The predicted molar refractivity (Wildman–Crippen MR) is 30.2 cm³/mol. The maximum Gasteiger partial charge on any atom is 0.135 e. The van der Waals surface area contributed by atoms with Crippen LogP contribution in [0.1, 0.15) is 0 Å². The Labute approximate surface area is 41.2 Å². The van der Waals surface area contributed by atoms with E-state index in [1.54, 1.807) is 7.11 Å². The van der Waals surface area contributed by atoms with Crippen LogP contribution in [-0.4, -0.2) is 22.7 Å². The van der Waals surface area contributed by atoms with Gasteiger partial charge in [-0.15, -0.1) is 0 Å². The van der Waals surface area contributed by atoms with E-state index >= 15 is 0 Å². The van der Waals surface area contributed by atoms with Gasteiger partial charge in [0, 0.05) is 7.11 Å². The van der Waals surface area contributed by atoms with Crippen LogP contribution in [0.15, 0.2) is 0 Å². The third-order valence-electron chi connectivity index (χ3n) is 0.526. The monoisotopic (exact) mass is 100 g/mol. The normalized spacial score (nSPS) is 11.8. The average molecular weight is 100 g/mol. The highest BCUT2D eigenvalue weighted by atomic mass is 28.3. The van der Waals surface area contributed by atoms with Gasteiger partial charge in [0.05, 0.1) is 7.44 Å². The first-order valence-electron chi connectivity index (χ1n) is 1.90. The van der Waals surface area contributed by atoms with Gasteiger partial charge in [0.25, 0.3) is 0 Å². The van der Waals surface area contributed by atoms with Crippen molar-refractivity contribution < 1.29 is 4.43 Å². The van der Waals surface area contributed by atoms with Crippen LogP contribution in [0.3, 0.4) is 0 Å². The van der Waals surface area contributed by atoms with E-state index in [-0.39, 0.29) is 0 Å². The van der Waals surface area contributed by atoms with Crippen LogP contribution in [0.2, 0.25) is 13.1 Å². The van der Waals surface area contributed by atoms with Gasteiger partial charge in [0.2, 0.25) is 0 Å². The fourth-order valence-electron chi connectivity index (χ4n) is 0. The molecule has 0 amide bonds. The topological polar surface area (TPSA) is 9.23 Å². The first-order chi connectivity index (χ1) is 2.56. The van der Waals surface area contributed by atoms with Gasteiger partial charge in [0.1, 0.15) is 8.19 Å². The van der Waals surface area contributed by atoms with Crippen molar-refractivity contribution in [2.75, 3.05) is 7.11 Å². The van der Waals surface area contributed by atoms with E-state index in [0.717, 1.165) is 0 Å². The van der Waals surface area contributed by atoms with Crippen LogP contribution < -0.4 is 0 Å². The van der Waals surface area contributed by atoms with Crippen molar-refractivity contribution in [3.05, 3.63) is 0 Å². The summed E-state index contributed by atoms with van der Waals surface area (Å²) in [4.78, 5) is 0. The molecule has 0 saturated carbocycles. The van der Waals surface area contributed by atoms with Gasteiger partial charge in [-0.05, 0) is 0 Å². The molecule has 0 aromatic carbocycles. The zero-order chi connectivity index (χ0) is 5.21. The first-order valence-corrected chi connectivity index (χ1v) is 4.89. The molecule has 0 aliphatic heterocycles. The predicted octanol–water partition coefficient (Wildman–Crippen LogP) is 0.503. The Balaban J connectivity index is 3.17. The van der Waals surface area contributed by atoms with Gasteiger partial charge < -0.3 is 4.43 Å². The lowest BCUT2D eigenvalue weighted by atomic mass is 10.7. The van der Waals surface area contributed by atoms with E-state index in [2.05, 4.69) is 0 Å². The molecule has 0 rings (SSSR count). The van der Waals surface area contributed by atoms with Crippen LogP contribution in [0.4, 0.5) is 0 Å². The van der Waals surface area contributed by atoms with Crippen LogP contribution in [-0.2, 0) is 4.43 Å². The summed E-state index contributed by atoms with van der Waals surface area (Å²) in [7, 11) is 5.47. The first kappa shape index (κ1) is 6.24. The van der Waals surface area contributed by atoms with Gasteiger partial charge in [0.15, 0.2) is 0 Å². The molecule has 0 spiro atoms. The van der Waals surface area contributed by atoms with Gasteiger partial charge in [-0.25, -0.2) is 0 Å². The molecule has 0 N–H and O–H groups in total. The lowest BCUT2D eigenvalue weighted by molar-refractivity contribution is 0.422. The van der Waals surface area contributed by atoms with E-state index in [1.165, 1.54) is 0 Å². The molecule has 6 heavy (non-hydrogen) atoms. The van der Waals surface area contributed by atoms with Crippen molar-refractivity contribution in [2.24, 2.45) is 0 Å². The van der Waals surface area contributed by atoms with Gasteiger partial charge in [-0.2, -0.15) is 0 Å². The number of rotatable bonds is 1. The molecule has 0 aromatic heterocycles. The van der Waals surface area contributed by atoms with Gasteiger partial charge >= 0.3 is 0 Å². The van der Waals surface area contributed by atoms with Gasteiger partial charge in [-0.3, -0.25) is 0 Å². The fraction of sp³-hybridized carbons (Fsp3) is 1.00. The minimum absolute atomic E-state index is 1.63. The van der Waals surface area contributed by atoms with Crippen molar-refractivity contribution in [3.63, 3.8) is 0 Å².